The van der Waals surface area contributed by atoms with Gasteiger partial charge in [0.05, 0.1) is 34.7 Å². The third-order valence-corrected chi connectivity index (χ3v) is 6.54. The molecule has 3 aromatic rings. The van der Waals surface area contributed by atoms with Crippen LogP contribution in [0.4, 0.5) is 22.0 Å². The number of aromatic nitrogens is 3. The zero-order valence-electron chi connectivity index (χ0n) is 21.0. The summed E-state index contributed by atoms with van der Waals surface area (Å²) in [6.45, 7) is 8.94. The number of carbonyl (C=O) groups is 2. The molecule has 36 heavy (non-hydrogen) atoms. The Morgan fingerprint density at radius 3 is 2.61 bits per heavy atom. The lowest BCUT2D eigenvalue weighted by Gasteiger charge is -2.44. The Hall–Kier alpha value is -3.46. The lowest BCUT2D eigenvalue weighted by atomic mass is 9.97. The van der Waals surface area contributed by atoms with Crippen LogP contribution in [-0.4, -0.2) is 61.5 Å². The molecule has 1 aliphatic rings. The van der Waals surface area contributed by atoms with Crippen LogP contribution in [0.25, 0.3) is 11.0 Å². The van der Waals surface area contributed by atoms with Gasteiger partial charge in [0.25, 0.3) is 0 Å². The van der Waals surface area contributed by atoms with Crippen molar-refractivity contribution in [1.29, 1.82) is 0 Å². The van der Waals surface area contributed by atoms with E-state index in [-0.39, 0.29) is 11.8 Å². The Morgan fingerprint density at radius 2 is 1.97 bits per heavy atom. The molecule has 1 amide bonds. The van der Waals surface area contributed by atoms with Gasteiger partial charge in [-0.05, 0) is 57.9 Å². The van der Waals surface area contributed by atoms with Crippen molar-refractivity contribution >= 4 is 51.7 Å². The van der Waals surface area contributed by atoms with E-state index in [2.05, 4.69) is 25.2 Å². The highest BCUT2D eigenvalue weighted by molar-refractivity contribution is 6.30. The lowest BCUT2D eigenvalue weighted by Crippen LogP contribution is -2.57. The number of ketones is 1. The van der Waals surface area contributed by atoms with Gasteiger partial charge in [-0.3, -0.25) is 14.7 Å². The molecule has 1 aliphatic heterocycles. The van der Waals surface area contributed by atoms with Crippen molar-refractivity contribution in [3.63, 3.8) is 0 Å². The molecule has 4 heterocycles. The number of carbonyl (C=O) groups excluding carboxylic acids is 1. The van der Waals surface area contributed by atoms with E-state index in [1.165, 1.54) is 0 Å². The highest BCUT2D eigenvalue weighted by atomic mass is 35.5. The smallest absolute Gasteiger partial charge is 0.408 e. The molecule has 10 heteroatoms. The number of carboxylic acid groups (broad SMARTS) is 1. The molecule has 9 nitrogen and oxygen atoms in total. The van der Waals surface area contributed by atoms with Crippen molar-refractivity contribution in [2.45, 2.75) is 58.5 Å². The van der Waals surface area contributed by atoms with E-state index < -0.39 is 11.6 Å². The minimum absolute atomic E-state index is 0.0561. The van der Waals surface area contributed by atoms with Crippen molar-refractivity contribution in [2.24, 2.45) is 0 Å². The van der Waals surface area contributed by atoms with E-state index in [4.69, 9.17) is 11.6 Å². The summed E-state index contributed by atoms with van der Waals surface area (Å²) in [6, 6.07) is 7.11. The highest BCUT2D eigenvalue weighted by Crippen LogP contribution is 2.31. The monoisotopic (exact) mass is 510 g/mol. The maximum absolute atomic E-state index is 12.6. The van der Waals surface area contributed by atoms with Gasteiger partial charge in [-0.25, -0.2) is 14.8 Å². The van der Waals surface area contributed by atoms with Crippen LogP contribution in [0.2, 0.25) is 5.15 Å². The number of pyridine rings is 3. The number of halogens is 1. The Balaban J connectivity index is 1.59. The quantitative estimate of drug-likeness (QED) is 0.318. The largest absolute Gasteiger partial charge is 0.465 e. The zero-order chi connectivity index (χ0) is 26.0. The Kier molecular flexibility index (Phi) is 7.31. The average molecular weight is 511 g/mol. The second kappa shape index (κ2) is 10.3. The number of fused-ring (bicyclic) bond motifs is 1. The third kappa shape index (κ3) is 5.36. The third-order valence-electron chi connectivity index (χ3n) is 6.33. The first-order valence-electron chi connectivity index (χ1n) is 12.1. The molecule has 0 saturated carbocycles. The summed E-state index contributed by atoms with van der Waals surface area (Å²) in [5.41, 5.74) is 2.33. The standard InChI is InChI=1S/C26H31ClN6O3/c1-5-20(34)18-14-28-19-9-10-21(27)31-24(19)23(18)30-16-8-11-22(29-13-16)32-12-6-7-17(15-32)33(25(35)36)26(2,3)4/h8-11,13-14,17H,5-7,12,15H2,1-4H3,(H,28,30)(H,35,36). The van der Waals surface area contributed by atoms with E-state index in [9.17, 15) is 14.7 Å². The van der Waals surface area contributed by atoms with Crippen LogP contribution in [0.3, 0.4) is 0 Å². The summed E-state index contributed by atoms with van der Waals surface area (Å²) < 4.78 is 0. The first-order valence-corrected chi connectivity index (χ1v) is 12.4. The number of nitrogens with zero attached hydrogens (tertiary/aromatic N) is 5. The van der Waals surface area contributed by atoms with Gasteiger partial charge in [0.1, 0.15) is 16.5 Å². The molecular weight excluding hydrogens is 480 g/mol. The summed E-state index contributed by atoms with van der Waals surface area (Å²) in [4.78, 5) is 41.7. The minimum atomic E-state index is -0.905. The molecule has 1 unspecified atom stereocenters. The minimum Gasteiger partial charge on any atom is -0.465 e. The first kappa shape index (κ1) is 25.6. The van der Waals surface area contributed by atoms with E-state index in [0.29, 0.717) is 46.1 Å². The maximum Gasteiger partial charge on any atom is 0.408 e. The van der Waals surface area contributed by atoms with Gasteiger partial charge in [0.2, 0.25) is 0 Å². The Morgan fingerprint density at radius 1 is 1.19 bits per heavy atom. The second-order valence-electron chi connectivity index (χ2n) is 9.92. The molecular formula is C26H31ClN6O3. The topological polar surface area (TPSA) is 112 Å². The normalized spacial score (nSPS) is 16.1. The van der Waals surface area contributed by atoms with E-state index in [1.807, 2.05) is 32.9 Å². The van der Waals surface area contributed by atoms with E-state index in [0.717, 1.165) is 25.2 Å². The number of Topliss-reactive ketones (excluding diaryl/α,β-unsaturated/α-hetero) is 1. The van der Waals surface area contributed by atoms with Crippen molar-refractivity contribution in [3.8, 4) is 0 Å². The van der Waals surface area contributed by atoms with Crippen molar-refractivity contribution in [3.05, 3.63) is 47.4 Å². The van der Waals surface area contributed by atoms with Crippen LogP contribution in [0.15, 0.2) is 36.7 Å². The Bertz CT molecular complexity index is 1280. The maximum atomic E-state index is 12.6. The molecule has 2 N–H and O–H groups in total. The van der Waals surface area contributed by atoms with Crippen molar-refractivity contribution in [2.75, 3.05) is 23.3 Å². The second-order valence-corrected chi connectivity index (χ2v) is 10.3. The summed E-state index contributed by atoms with van der Waals surface area (Å²) in [7, 11) is 0. The molecule has 0 radical (unpaired) electrons. The number of piperidine rings is 1. The van der Waals surface area contributed by atoms with Crippen molar-refractivity contribution < 1.29 is 14.7 Å². The van der Waals surface area contributed by atoms with Gasteiger partial charge in [-0.15, -0.1) is 0 Å². The highest BCUT2D eigenvalue weighted by Gasteiger charge is 2.36. The predicted molar refractivity (Wildman–Crippen MR) is 142 cm³/mol. The van der Waals surface area contributed by atoms with Gasteiger partial charge in [0, 0.05) is 31.2 Å². The first-order chi connectivity index (χ1) is 17.1. The summed E-state index contributed by atoms with van der Waals surface area (Å²) in [5, 5.41) is 13.4. The van der Waals surface area contributed by atoms with Gasteiger partial charge in [-0.1, -0.05) is 18.5 Å². The van der Waals surface area contributed by atoms with Crippen LogP contribution in [0.1, 0.15) is 57.3 Å². The summed E-state index contributed by atoms with van der Waals surface area (Å²) >= 11 is 6.14. The van der Waals surface area contributed by atoms with E-state index >= 15 is 0 Å². The molecule has 1 saturated heterocycles. The van der Waals surface area contributed by atoms with Gasteiger partial charge in [-0.2, -0.15) is 0 Å². The number of nitrogens with one attached hydrogen (secondary N) is 1. The van der Waals surface area contributed by atoms with Crippen molar-refractivity contribution in [1.82, 2.24) is 19.9 Å². The van der Waals surface area contributed by atoms with Crippen LogP contribution >= 0.6 is 11.6 Å². The molecule has 1 atom stereocenters. The number of hydrogen-bond donors (Lipinski definition) is 2. The molecule has 0 aromatic carbocycles. The lowest BCUT2D eigenvalue weighted by molar-refractivity contribution is 0.0647. The molecule has 0 aliphatic carbocycles. The fourth-order valence-electron chi connectivity index (χ4n) is 4.73. The van der Waals surface area contributed by atoms with Gasteiger partial charge >= 0.3 is 6.09 Å². The fraction of sp³-hybridized carbons (Fsp3) is 0.423. The van der Waals surface area contributed by atoms with Gasteiger partial charge < -0.3 is 15.3 Å². The van der Waals surface area contributed by atoms with Crippen LogP contribution < -0.4 is 10.2 Å². The SMILES string of the molecule is CCC(=O)c1cnc2ccc(Cl)nc2c1Nc1ccc(N2CCCC(N(C(=O)O)C(C)(C)C)C2)nc1. The zero-order valence-corrected chi connectivity index (χ0v) is 21.7. The Labute approximate surface area is 215 Å². The summed E-state index contributed by atoms with van der Waals surface area (Å²) in [6.07, 6.45) is 4.39. The predicted octanol–water partition coefficient (Wildman–Crippen LogP) is 5.76. The van der Waals surface area contributed by atoms with E-state index in [1.54, 1.807) is 36.4 Å². The molecule has 0 bridgehead atoms. The molecule has 1 fully saturated rings. The van der Waals surface area contributed by atoms with Gasteiger partial charge in [0.15, 0.2) is 5.78 Å². The van der Waals surface area contributed by atoms with Crippen LogP contribution in [0, 0.1) is 0 Å². The summed E-state index contributed by atoms with van der Waals surface area (Å²) in [5.74, 6) is 0.717. The number of rotatable bonds is 6. The van der Waals surface area contributed by atoms with Crippen LogP contribution in [-0.2, 0) is 0 Å². The molecule has 0 spiro atoms. The number of anilines is 3. The van der Waals surface area contributed by atoms with Crippen LogP contribution in [0.5, 0.6) is 0 Å². The number of hydrogen-bond acceptors (Lipinski definition) is 7. The fourth-order valence-corrected chi connectivity index (χ4v) is 4.87. The average Bonchev–Trinajstić information content (AvgIpc) is 2.83. The molecule has 4 rings (SSSR count). The number of amides is 1. The molecule has 3 aromatic heterocycles. The molecule has 190 valence electrons.